The van der Waals surface area contributed by atoms with E-state index in [4.69, 9.17) is 9.47 Å². The third-order valence-corrected chi connectivity index (χ3v) is 7.91. The summed E-state index contributed by atoms with van der Waals surface area (Å²) in [5.41, 5.74) is 0.414. The van der Waals surface area contributed by atoms with E-state index in [0.29, 0.717) is 0 Å². The van der Waals surface area contributed by atoms with Crippen molar-refractivity contribution in [3.8, 4) is 5.75 Å². The molecule has 178 valence electrons. The first-order valence-corrected chi connectivity index (χ1v) is 12.0. The summed E-state index contributed by atoms with van der Waals surface area (Å²) < 4.78 is 11.6. The van der Waals surface area contributed by atoms with Crippen LogP contribution in [-0.2, 0) is 9.53 Å². The third-order valence-electron chi connectivity index (χ3n) is 7.91. The summed E-state index contributed by atoms with van der Waals surface area (Å²) in [5.74, 6) is 0.999. The van der Waals surface area contributed by atoms with Crippen LogP contribution in [0, 0.1) is 0 Å². The SMILES string of the molecule is COc1cccc(N2CCC(O)(CN3CCC4(CC3)C[C@@H](N(C)C(C)=O)CCO4)CC2)c1. The predicted molar refractivity (Wildman–Crippen MR) is 125 cm³/mol. The quantitative estimate of drug-likeness (QED) is 0.751. The van der Waals surface area contributed by atoms with E-state index in [0.717, 1.165) is 89.3 Å². The van der Waals surface area contributed by atoms with E-state index < -0.39 is 5.60 Å². The number of carbonyl (C=O) groups is 1. The number of ether oxygens (including phenoxy) is 2. The molecule has 0 aromatic heterocycles. The number of aliphatic hydroxyl groups is 1. The molecule has 3 fully saturated rings. The van der Waals surface area contributed by atoms with Gasteiger partial charge in [0.2, 0.25) is 5.91 Å². The maximum Gasteiger partial charge on any atom is 0.219 e. The molecule has 1 aromatic carbocycles. The Labute approximate surface area is 192 Å². The molecule has 3 heterocycles. The van der Waals surface area contributed by atoms with Gasteiger partial charge >= 0.3 is 0 Å². The molecule has 0 radical (unpaired) electrons. The molecular formula is C25H39N3O4. The number of amides is 1. The number of likely N-dealkylation sites (tertiary alicyclic amines) is 1. The molecule has 0 saturated carbocycles. The van der Waals surface area contributed by atoms with E-state index in [1.807, 2.05) is 24.1 Å². The van der Waals surface area contributed by atoms with Gasteiger partial charge in [-0.3, -0.25) is 4.79 Å². The zero-order chi connectivity index (χ0) is 22.8. The fraction of sp³-hybridized carbons (Fsp3) is 0.720. The van der Waals surface area contributed by atoms with Crippen molar-refractivity contribution in [3.63, 3.8) is 0 Å². The number of rotatable bonds is 5. The van der Waals surface area contributed by atoms with Crippen molar-refractivity contribution in [3.05, 3.63) is 24.3 Å². The van der Waals surface area contributed by atoms with Crippen LogP contribution < -0.4 is 9.64 Å². The summed E-state index contributed by atoms with van der Waals surface area (Å²) in [4.78, 5) is 18.4. The van der Waals surface area contributed by atoms with Gasteiger partial charge in [0.15, 0.2) is 0 Å². The minimum atomic E-state index is -0.634. The monoisotopic (exact) mass is 445 g/mol. The molecule has 3 saturated heterocycles. The average molecular weight is 446 g/mol. The van der Waals surface area contributed by atoms with E-state index in [-0.39, 0.29) is 17.6 Å². The van der Waals surface area contributed by atoms with Gasteiger partial charge in [-0.25, -0.2) is 0 Å². The molecule has 7 heteroatoms. The van der Waals surface area contributed by atoms with Gasteiger partial charge in [-0.15, -0.1) is 0 Å². The van der Waals surface area contributed by atoms with Crippen LogP contribution in [0.1, 0.15) is 45.4 Å². The number of hydrogen-bond acceptors (Lipinski definition) is 6. The minimum Gasteiger partial charge on any atom is -0.497 e. The summed E-state index contributed by atoms with van der Waals surface area (Å²) in [5, 5.41) is 11.3. The second kappa shape index (κ2) is 9.57. The van der Waals surface area contributed by atoms with Gasteiger partial charge in [-0.1, -0.05) is 6.07 Å². The Balaban J connectivity index is 1.27. The molecule has 1 amide bonds. The highest BCUT2D eigenvalue weighted by atomic mass is 16.5. The van der Waals surface area contributed by atoms with Crippen molar-refractivity contribution in [1.82, 2.24) is 9.80 Å². The maximum atomic E-state index is 11.8. The predicted octanol–water partition coefficient (Wildman–Crippen LogP) is 2.52. The first-order valence-electron chi connectivity index (χ1n) is 12.0. The second-order valence-corrected chi connectivity index (χ2v) is 10.00. The molecule has 1 spiro atoms. The van der Waals surface area contributed by atoms with Crippen molar-refractivity contribution in [2.75, 3.05) is 58.4 Å². The van der Waals surface area contributed by atoms with Gasteiger partial charge in [-0.2, -0.15) is 0 Å². The number of piperidine rings is 2. The Bertz CT molecular complexity index is 785. The largest absolute Gasteiger partial charge is 0.497 e. The smallest absolute Gasteiger partial charge is 0.219 e. The van der Waals surface area contributed by atoms with E-state index in [9.17, 15) is 9.90 Å². The van der Waals surface area contributed by atoms with Gasteiger partial charge in [0.05, 0.1) is 18.3 Å². The lowest BCUT2D eigenvalue weighted by Gasteiger charge is -2.49. The summed E-state index contributed by atoms with van der Waals surface area (Å²) >= 11 is 0. The second-order valence-electron chi connectivity index (χ2n) is 10.00. The van der Waals surface area contributed by atoms with Gasteiger partial charge in [0.25, 0.3) is 0 Å². The summed E-state index contributed by atoms with van der Waals surface area (Å²) in [6.07, 6.45) is 5.34. The average Bonchev–Trinajstić information content (AvgIpc) is 2.81. The van der Waals surface area contributed by atoms with Crippen LogP contribution in [0.3, 0.4) is 0 Å². The number of anilines is 1. The molecule has 3 aliphatic rings. The fourth-order valence-electron chi connectivity index (χ4n) is 5.62. The topological polar surface area (TPSA) is 65.5 Å². The lowest BCUT2D eigenvalue weighted by atomic mass is 9.81. The maximum absolute atomic E-state index is 11.8. The zero-order valence-corrected chi connectivity index (χ0v) is 19.9. The first kappa shape index (κ1) is 23.3. The van der Waals surface area contributed by atoms with Crippen molar-refractivity contribution in [1.29, 1.82) is 0 Å². The van der Waals surface area contributed by atoms with Crippen LogP contribution in [-0.4, -0.2) is 91.5 Å². The van der Waals surface area contributed by atoms with Crippen molar-refractivity contribution in [2.24, 2.45) is 0 Å². The highest BCUT2D eigenvalue weighted by Crippen LogP contribution is 2.37. The van der Waals surface area contributed by atoms with Crippen LogP contribution in [0.5, 0.6) is 5.75 Å². The lowest BCUT2D eigenvalue weighted by Crippen LogP contribution is -2.57. The van der Waals surface area contributed by atoms with Crippen molar-refractivity contribution < 1.29 is 19.4 Å². The molecule has 7 nitrogen and oxygen atoms in total. The first-order chi connectivity index (χ1) is 15.3. The lowest BCUT2D eigenvalue weighted by molar-refractivity contribution is -0.149. The summed E-state index contributed by atoms with van der Waals surface area (Å²) in [7, 11) is 3.60. The van der Waals surface area contributed by atoms with Crippen molar-refractivity contribution >= 4 is 11.6 Å². The third kappa shape index (κ3) is 5.21. The number of hydrogen-bond donors (Lipinski definition) is 1. The Kier molecular flexibility index (Phi) is 6.98. The van der Waals surface area contributed by atoms with Crippen LogP contribution >= 0.6 is 0 Å². The van der Waals surface area contributed by atoms with Crippen LogP contribution in [0.2, 0.25) is 0 Å². The number of β-amino-alcohol motifs (C(OH)–C–C–N with tert-alkyl or cyclic N) is 1. The molecule has 0 bridgehead atoms. The van der Waals surface area contributed by atoms with Gasteiger partial charge in [0, 0.05) is 71.1 Å². The van der Waals surface area contributed by atoms with Crippen LogP contribution in [0.4, 0.5) is 5.69 Å². The van der Waals surface area contributed by atoms with E-state index in [2.05, 4.69) is 21.9 Å². The molecule has 4 rings (SSSR count). The summed E-state index contributed by atoms with van der Waals surface area (Å²) in [6.45, 7) is 6.69. The highest BCUT2D eigenvalue weighted by Gasteiger charge is 2.43. The van der Waals surface area contributed by atoms with E-state index in [1.165, 1.54) is 0 Å². The van der Waals surface area contributed by atoms with Gasteiger partial charge in [-0.05, 0) is 50.7 Å². The number of carbonyl (C=O) groups excluding carboxylic acids is 1. The number of methoxy groups -OCH3 is 1. The van der Waals surface area contributed by atoms with E-state index >= 15 is 0 Å². The molecule has 1 aromatic rings. The molecule has 3 aliphatic heterocycles. The molecule has 0 aliphatic carbocycles. The standard InChI is InChI=1S/C25H39N3O4/c1-20(29)26(2)22-7-16-32-25(18-22)10-12-27(13-11-25)19-24(30)8-14-28(15-9-24)21-5-4-6-23(17-21)31-3/h4-6,17,22,30H,7-16,18-19H2,1-3H3/t22-/m0/s1. The Morgan fingerprint density at radius 2 is 1.94 bits per heavy atom. The Morgan fingerprint density at radius 3 is 2.59 bits per heavy atom. The number of benzene rings is 1. The van der Waals surface area contributed by atoms with Crippen LogP contribution in [0.25, 0.3) is 0 Å². The van der Waals surface area contributed by atoms with Gasteiger partial charge in [0.1, 0.15) is 5.75 Å². The molecule has 0 unspecified atom stereocenters. The summed E-state index contributed by atoms with van der Waals surface area (Å²) in [6, 6.07) is 8.43. The van der Waals surface area contributed by atoms with Crippen molar-refractivity contribution in [2.45, 2.75) is 62.7 Å². The molecule has 1 atom stereocenters. The molecule has 32 heavy (non-hydrogen) atoms. The van der Waals surface area contributed by atoms with Crippen LogP contribution in [0.15, 0.2) is 24.3 Å². The number of nitrogens with zero attached hydrogens (tertiary/aromatic N) is 3. The van der Waals surface area contributed by atoms with Gasteiger partial charge < -0.3 is 29.3 Å². The Morgan fingerprint density at radius 1 is 1.22 bits per heavy atom. The molecular weight excluding hydrogens is 406 g/mol. The zero-order valence-electron chi connectivity index (χ0n) is 19.9. The minimum absolute atomic E-state index is 0.110. The normalized spacial score (nSPS) is 25.5. The van der Waals surface area contributed by atoms with E-state index in [1.54, 1.807) is 14.0 Å². The fourth-order valence-corrected chi connectivity index (χ4v) is 5.62. The highest BCUT2D eigenvalue weighted by molar-refractivity contribution is 5.73. The molecule has 1 N–H and O–H groups in total. The Hall–Kier alpha value is -1.83.